The molecule has 0 N–H and O–H groups in total. The number of rotatable bonds is 3. The van der Waals surface area contributed by atoms with Crippen molar-refractivity contribution in [3.8, 4) is 17.1 Å². The van der Waals surface area contributed by atoms with Crippen LogP contribution in [-0.2, 0) is 4.79 Å². The van der Waals surface area contributed by atoms with E-state index >= 15 is 0 Å². The van der Waals surface area contributed by atoms with Crippen molar-refractivity contribution < 1.29 is 9.53 Å². The van der Waals surface area contributed by atoms with Gasteiger partial charge in [0.05, 0.1) is 12.8 Å². The normalized spacial score (nSPS) is 15.4. The van der Waals surface area contributed by atoms with Crippen molar-refractivity contribution in [1.82, 2.24) is 29.7 Å². The molecule has 26 heavy (non-hydrogen) atoms. The van der Waals surface area contributed by atoms with Crippen LogP contribution in [0.4, 0.5) is 0 Å². The fourth-order valence-corrected chi connectivity index (χ4v) is 3.32. The van der Waals surface area contributed by atoms with Crippen LogP contribution < -0.4 is 4.74 Å². The van der Waals surface area contributed by atoms with Gasteiger partial charge in [-0.2, -0.15) is 9.61 Å². The minimum Gasteiger partial charge on any atom is -0.481 e. The second-order valence-electron chi connectivity index (χ2n) is 6.42. The van der Waals surface area contributed by atoms with Crippen molar-refractivity contribution in [3.63, 3.8) is 0 Å². The van der Waals surface area contributed by atoms with Crippen molar-refractivity contribution in [1.29, 1.82) is 0 Å². The summed E-state index contributed by atoms with van der Waals surface area (Å²) in [6.45, 7) is 3.11. The molecular weight excluding hydrogens is 332 g/mol. The summed E-state index contributed by atoms with van der Waals surface area (Å²) in [6.07, 6.45) is 3.48. The fourth-order valence-electron chi connectivity index (χ4n) is 3.32. The third-order valence-electron chi connectivity index (χ3n) is 4.83. The van der Waals surface area contributed by atoms with Gasteiger partial charge in [0.25, 0.3) is 0 Å². The van der Waals surface area contributed by atoms with Crippen LogP contribution in [0.15, 0.2) is 30.5 Å². The number of carbonyl (C=O) groups is 1. The molecule has 134 valence electrons. The Bertz CT molecular complexity index is 929. The number of hydrogen-bond donors (Lipinski definition) is 0. The zero-order valence-corrected chi connectivity index (χ0v) is 14.8. The van der Waals surface area contributed by atoms with Gasteiger partial charge in [0.2, 0.25) is 11.8 Å². The predicted molar refractivity (Wildman–Crippen MR) is 94.8 cm³/mol. The maximum Gasteiger partial charge on any atom is 0.219 e. The maximum atomic E-state index is 11.5. The van der Waals surface area contributed by atoms with Crippen LogP contribution in [0.2, 0.25) is 0 Å². The van der Waals surface area contributed by atoms with Gasteiger partial charge in [-0.25, -0.2) is 4.98 Å². The first-order valence-corrected chi connectivity index (χ1v) is 8.64. The highest BCUT2D eigenvalue weighted by molar-refractivity contribution is 5.73. The molecule has 8 heteroatoms. The van der Waals surface area contributed by atoms with Gasteiger partial charge in [-0.3, -0.25) is 4.79 Å². The Hall–Kier alpha value is -3.03. The largest absolute Gasteiger partial charge is 0.481 e. The molecule has 1 fully saturated rings. The number of ether oxygens (including phenoxy) is 1. The number of amides is 1. The predicted octanol–water partition coefficient (Wildman–Crippen LogP) is 1.92. The number of aromatic nitrogens is 5. The van der Waals surface area contributed by atoms with Crippen LogP contribution in [0.25, 0.3) is 16.9 Å². The SMILES string of the molecule is COc1ccc(-c2ccc3nnc(C4CCN(C(C)=O)CC4)n3n2)cn1. The van der Waals surface area contributed by atoms with Crippen LogP contribution in [0.1, 0.15) is 31.5 Å². The number of piperidine rings is 1. The fraction of sp³-hybridized carbons (Fsp3) is 0.389. The van der Waals surface area contributed by atoms with Crippen molar-refractivity contribution in [2.75, 3.05) is 20.2 Å². The lowest BCUT2D eigenvalue weighted by Gasteiger charge is -2.30. The minimum atomic E-state index is 0.127. The third kappa shape index (κ3) is 2.98. The van der Waals surface area contributed by atoms with Crippen molar-refractivity contribution in [2.45, 2.75) is 25.7 Å². The zero-order chi connectivity index (χ0) is 18.1. The Morgan fingerprint density at radius 2 is 1.96 bits per heavy atom. The molecule has 0 atom stereocenters. The van der Waals surface area contributed by atoms with Crippen LogP contribution in [0.5, 0.6) is 5.88 Å². The van der Waals surface area contributed by atoms with E-state index in [2.05, 4.69) is 15.2 Å². The number of methoxy groups -OCH3 is 1. The van der Waals surface area contributed by atoms with Gasteiger partial charge in [-0.15, -0.1) is 10.2 Å². The van der Waals surface area contributed by atoms with Gasteiger partial charge in [-0.1, -0.05) is 0 Å². The number of nitrogens with zero attached hydrogens (tertiary/aromatic N) is 6. The van der Waals surface area contributed by atoms with E-state index in [4.69, 9.17) is 9.84 Å². The second-order valence-corrected chi connectivity index (χ2v) is 6.42. The topological polar surface area (TPSA) is 85.5 Å². The smallest absolute Gasteiger partial charge is 0.219 e. The molecule has 4 heterocycles. The first-order valence-electron chi connectivity index (χ1n) is 8.64. The summed E-state index contributed by atoms with van der Waals surface area (Å²) in [5, 5.41) is 13.3. The Balaban J connectivity index is 1.63. The van der Waals surface area contributed by atoms with E-state index in [9.17, 15) is 4.79 Å². The van der Waals surface area contributed by atoms with Crippen molar-refractivity contribution >= 4 is 11.6 Å². The summed E-state index contributed by atoms with van der Waals surface area (Å²) in [5.41, 5.74) is 2.42. The molecule has 8 nitrogen and oxygen atoms in total. The average molecular weight is 352 g/mol. The first kappa shape index (κ1) is 16.4. The van der Waals surface area contributed by atoms with Crippen molar-refractivity contribution in [2.24, 2.45) is 0 Å². The Labute approximate surface area is 150 Å². The number of pyridine rings is 1. The van der Waals surface area contributed by atoms with Gasteiger partial charge in [-0.05, 0) is 31.0 Å². The summed E-state index contributed by atoms with van der Waals surface area (Å²) in [6, 6.07) is 7.56. The lowest BCUT2D eigenvalue weighted by Crippen LogP contribution is -2.36. The summed E-state index contributed by atoms with van der Waals surface area (Å²) in [7, 11) is 1.59. The number of carbonyl (C=O) groups excluding carboxylic acids is 1. The molecule has 1 aliphatic heterocycles. The lowest BCUT2D eigenvalue weighted by molar-refractivity contribution is -0.129. The number of likely N-dealkylation sites (tertiary alicyclic amines) is 1. The summed E-state index contributed by atoms with van der Waals surface area (Å²) in [4.78, 5) is 17.6. The van der Waals surface area contributed by atoms with Crippen LogP contribution in [-0.4, -0.2) is 55.8 Å². The lowest BCUT2D eigenvalue weighted by atomic mass is 9.96. The summed E-state index contributed by atoms with van der Waals surface area (Å²) < 4.78 is 6.92. The molecule has 0 saturated carbocycles. The van der Waals surface area contributed by atoms with Crippen LogP contribution >= 0.6 is 0 Å². The van der Waals surface area contributed by atoms with Gasteiger partial charge < -0.3 is 9.64 Å². The Morgan fingerprint density at radius 1 is 1.15 bits per heavy atom. The molecule has 1 saturated heterocycles. The number of fused-ring (bicyclic) bond motifs is 1. The van der Waals surface area contributed by atoms with E-state index in [0.29, 0.717) is 5.88 Å². The molecule has 0 bridgehead atoms. The molecule has 0 unspecified atom stereocenters. The Kier molecular flexibility index (Phi) is 4.24. The Morgan fingerprint density at radius 3 is 2.62 bits per heavy atom. The van der Waals surface area contributed by atoms with E-state index in [1.807, 2.05) is 33.7 Å². The second kappa shape index (κ2) is 6.70. The molecule has 3 aromatic heterocycles. The summed E-state index contributed by atoms with van der Waals surface area (Å²) in [5.74, 6) is 1.79. The minimum absolute atomic E-state index is 0.127. The number of hydrogen-bond acceptors (Lipinski definition) is 6. The van der Waals surface area contributed by atoms with Gasteiger partial charge in [0.1, 0.15) is 0 Å². The molecule has 0 aromatic carbocycles. The van der Waals surface area contributed by atoms with Gasteiger partial charge >= 0.3 is 0 Å². The zero-order valence-electron chi connectivity index (χ0n) is 14.8. The van der Waals surface area contributed by atoms with E-state index < -0.39 is 0 Å². The van der Waals surface area contributed by atoms with Crippen molar-refractivity contribution in [3.05, 3.63) is 36.3 Å². The molecule has 1 aliphatic rings. The van der Waals surface area contributed by atoms with E-state index in [0.717, 1.165) is 48.7 Å². The van der Waals surface area contributed by atoms with E-state index in [-0.39, 0.29) is 11.8 Å². The molecule has 4 rings (SSSR count). The molecule has 1 amide bonds. The quantitative estimate of drug-likeness (QED) is 0.716. The maximum absolute atomic E-state index is 11.5. The first-order chi connectivity index (χ1) is 12.7. The molecule has 0 aliphatic carbocycles. The molecule has 0 spiro atoms. The highest BCUT2D eigenvalue weighted by Gasteiger charge is 2.26. The van der Waals surface area contributed by atoms with E-state index in [1.54, 1.807) is 20.2 Å². The highest BCUT2D eigenvalue weighted by atomic mass is 16.5. The van der Waals surface area contributed by atoms with Crippen LogP contribution in [0, 0.1) is 0 Å². The van der Waals surface area contributed by atoms with Gasteiger partial charge in [0.15, 0.2) is 11.5 Å². The van der Waals surface area contributed by atoms with Gasteiger partial charge in [0, 0.05) is 43.8 Å². The molecular formula is C18H20N6O2. The van der Waals surface area contributed by atoms with Crippen LogP contribution in [0.3, 0.4) is 0 Å². The highest BCUT2D eigenvalue weighted by Crippen LogP contribution is 2.27. The monoisotopic (exact) mass is 352 g/mol. The summed E-state index contributed by atoms with van der Waals surface area (Å²) >= 11 is 0. The van der Waals surface area contributed by atoms with E-state index in [1.165, 1.54) is 0 Å². The molecule has 3 aromatic rings. The average Bonchev–Trinajstić information content (AvgIpc) is 3.11. The standard InChI is InChI=1S/C18H20N6O2/c1-12(25)23-9-7-13(8-10-23)18-21-20-16-5-4-15(22-24(16)18)14-3-6-17(26-2)19-11-14/h3-6,11,13H,7-10H2,1-2H3. The third-order valence-corrected chi connectivity index (χ3v) is 4.83. The molecule has 0 radical (unpaired) electrons.